The van der Waals surface area contributed by atoms with Crippen LogP contribution in [-0.2, 0) is 4.79 Å². The molecular formula is C13H26N2O. The molecule has 1 saturated heterocycles. The molecule has 94 valence electrons. The average molecular weight is 226 g/mol. The maximum absolute atomic E-state index is 12.1. The van der Waals surface area contributed by atoms with E-state index in [9.17, 15) is 4.79 Å². The number of carbonyl (C=O) groups is 1. The number of rotatable bonds is 3. The topological polar surface area (TPSA) is 46.3 Å². The summed E-state index contributed by atoms with van der Waals surface area (Å²) in [5, 5.41) is 0. The Hall–Kier alpha value is -0.570. The van der Waals surface area contributed by atoms with E-state index < -0.39 is 0 Å². The molecule has 0 aromatic heterocycles. The Morgan fingerprint density at radius 2 is 2.06 bits per heavy atom. The molecule has 1 heterocycles. The standard InChI is InChI=1S/C13H26N2O/c1-10(2)8-11(14)12(16)15-7-5-6-13(3,4)9-15/h10-11H,5-9,14H2,1-4H3/t11-/m1/s1. The molecule has 3 nitrogen and oxygen atoms in total. The molecule has 0 aromatic rings. The molecule has 1 rings (SSSR count). The van der Waals surface area contributed by atoms with E-state index in [4.69, 9.17) is 5.73 Å². The Balaban J connectivity index is 2.53. The third kappa shape index (κ3) is 3.78. The Morgan fingerprint density at radius 3 is 2.56 bits per heavy atom. The second-order valence-corrected chi connectivity index (χ2v) is 6.26. The number of carbonyl (C=O) groups excluding carboxylic acids is 1. The molecule has 1 atom stereocenters. The van der Waals surface area contributed by atoms with E-state index in [1.165, 1.54) is 6.42 Å². The van der Waals surface area contributed by atoms with Crippen molar-refractivity contribution >= 4 is 5.91 Å². The minimum atomic E-state index is -0.311. The van der Waals surface area contributed by atoms with Crippen LogP contribution in [0.4, 0.5) is 0 Å². The number of hydrogen-bond acceptors (Lipinski definition) is 2. The molecule has 1 fully saturated rings. The first kappa shape index (κ1) is 13.5. The zero-order valence-electron chi connectivity index (χ0n) is 11.1. The average Bonchev–Trinajstić information content (AvgIpc) is 2.13. The van der Waals surface area contributed by atoms with Gasteiger partial charge in [0.2, 0.25) is 5.91 Å². The van der Waals surface area contributed by atoms with Gasteiger partial charge in [0.1, 0.15) is 0 Å². The van der Waals surface area contributed by atoms with E-state index in [-0.39, 0.29) is 17.4 Å². The molecule has 16 heavy (non-hydrogen) atoms. The highest BCUT2D eigenvalue weighted by atomic mass is 16.2. The molecule has 1 aliphatic rings. The molecule has 0 spiro atoms. The molecule has 0 unspecified atom stereocenters. The third-order valence-electron chi connectivity index (χ3n) is 3.25. The van der Waals surface area contributed by atoms with E-state index in [0.29, 0.717) is 5.92 Å². The molecule has 3 heteroatoms. The normalized spacial score (nSPS) is 22.2. The lowest BCUT2D eigenvalue weighted by Gasteiger charge is -2.39. The van der Waals surface area contributed by atoms with Crippen molar-refractivity contribution in [2.45, 2.75) is 53.0 Å². The van der Waals surface area contributed by atoms with Crippen molar-refractivity contribution in [3.63, 3.8) is 0 Å². The number of hydrogen-bond donors (Lipinski definition) is 1. The van der Waals surface area contributed by atoms with Gasteiger partial charge < -0.3 is 10.6 Å². The number of likely N-dealkylation sites (tertiary alicyclic amines) is 1. The minimum Gasteiger partial charge on any atom is -0.341 e. The zero-order valence-corrected chi connectivity index (χ0v) is 11.1. The molecule has 1 aliphatic heterocycles. The van der Waals surface area contributed by atoms with Crippen molar-refractivity contribution in [1.82, 2.24) is 4.90 Å². The Kier molecular flexibility index (Phi) is 4.36. The molecule has 2 N–H and O–H groups in total. The highest BCUT2D eigenvalue weighted by Crippen LogP contribution is 2.28. The Labute approximate surface area is 99.4 Å². The SMILES string of the molecule is CC(C)C[C@@H](N)C(=O)N1CCCC(C)(C)C1. The number of nitrogens with zero attached hydrogens (tertiary/aromatic N) is 1. The lowest BCUT2D eigenvalue weighted by Crippen LogP contribution is -2.50. The number of amides is 1. The van der Waals surface area contributed by atoms with Crippen molar-refractivity contribution in [1.29, 1.82) is 0 Å². The summed E-state index contributed by atoms with van der Waals surface area (Å²) in [6, 6.07) is -0.311. The highest BCUT2D eigenvalue weighted by molar-refractivity contribution is 5.81. The largest absolute Gasteiger partial charge is 0.341 e. The van der Waals surface area contributed by atoms with Gasteiger partial charge >= 0.3 is 0 Å². The van der Waals surface area contributed by atoms with Gasteiger partial charge in [0.25, 0.3) is 0 Å². The summed E-state index contributed by atoms with van der Waals surface area (Å²) in [4.78, 5) is 14.1. The van der Waals surface area contributed by atoms with Crippen LogP contribution >= 0.6 is 0 Å². The van der Waals surface area contributed by atoms with Crippen LogP contribution in [0, 0.1) is 11.3 Å². The summed E-state index contributed by atoms with van der Waals surface area (Å²) in [6.45, 7) is 10.4. The van der Waals surface area contributed by atoms with Crippen LogP contribution in [-0.4, -0.2) is 29.9 Å². The first-order valence-corrected chi connectivity index (χ1v) is 6.36. The first-order valence-electron chi connectivity index (χ1n) is 6.36. The third-order valence-corrected chi connectivity index (χ3v) is 3.25. The van der Waals surface area contributed by atoms with Crippen molar-refractivity contribution in [3.8, 4) is 0 Å². The van der Waals surface area contributed by atoms with Gasteiger partial charge in [0.15, 0.2) is 0 Å². The predicted molar refractivity (Wildman–Crippen MR) is 67.0 cm³/mol. The van der Waals surface area contributed by atoms with Gasteiger partial charge in [-0.25, -0.2) is 0 Å². The van der Waals surface area contributed by atoms with Gasteiger partial charge in [0.05, 0.1) is 6.04 Å². The molecular weight excluding hydrogens is 200 g/mol. The van der Waals surface area contributed by atoms with Gasteiger partial charge in [-0.3, -0.25) is 4.79 Å². The summed E-state index contributed by atoms with van der Waals surface area (Å²) in [6.07, 6.45) is 3.10. The van der Waals surface area contributed by atoms with Crippen LogP contribution in [0.15, 0.2) is 0 Å². The molecule has 1 amide bonds. The maximum Gasteiger partial charge on any atom is 0.239 e. The molecule has 0 bridgehead atoms. The molecule has 0 saturated carbocycles. The van der Waals surface area contributed by atoms with Crippen LogP contribution in [0.1, 0.15) is 47.0 Å². The van der Waals surface area contributed by atoms with Crippen LogP contribution in [0.25, 0.3) is 0 Å². The minimum absolute atomic E-state index is 0.140. The van der Waals surface area contributed by atoms with E-state index in [1.54, 1.807) is 0 Å². The van der Waals surface area contributed by atoms with Crippen molar-refractivity contribution in [2.75, 3.05) is 13.1 Å². The summed E-state index contributed by atoms with van der Waals surface area (Å²) >= 11 is 0. The van der Waals surface area contributed by atoms with E-state index in [2.05, 4.69) is 27.7 Å². The summed E-state index contributed by atoms with van der Waals surface area (Å²) in [5.74, 6) is 0.623. The van der Waals surface area contributed by atoms with E-state index >= 15 is 0 Å². The Bertz CT molecular complexity index is 248. The molecule has 0 radical (unpaired) electrons. The number of nitrogens with two attached hydrogens (primary N) is 1. The molecule has 0 aliphatic carbocycles. The van der Waals surface area contributed by atoms with Crippen LogP contribution in [0.5, 0.6) is 0 Å². The van der Waals surface area contributed by atoms with Gasteiger partial charge in [-0.1, -0.05) is 27.7 Å². The van der Waals surface area contributed by atoms with Gasteiger partial charge in [-0.05, 0) is 30.6 Å². The fourth-order valence-corrected chi connectivity index (χ4v) is 2.45. The maximum atomic E-state index is 12.1. The van der Waals surface area contributed by atoms with Crippen molar-refractivity contribution < 1.29 is 4.79 Å². The van der Waals surface area contributed by atoms with Crippen LogP contribution in [0.2, 0.25) is 0 Å². The van der Waals surface area contributed by atoms with Crippen LogP contribution < -0.4 is 5.73 Å². The Morgan fingerprint density at radius 1 is 1.44 bits per heavy atom. The van der Waals surface area contributed by atoms with E-state index in [1.807, 2.05) is 4.90 Å². The quantitative estimate of drug-likeness (QED) is 0.800. The van der Waals surface area contributed by atoms with Gasteiger partial charge in [-0.2, -0.15) is 0 Å². The fraction of sp³-hybridized carbons (Fsp3) is 0.923. The van der Waals surface area contributed by atoms with Gasteiger partial charge in [-0.15, -0.1) is 0 Å². The zero-order chi connectivity index (χ0) is 12.3. The fourth-order valence-electron chi connectivity index (χ4n) is 2.45. The van der Waals surface area contributed by atoms with Crippen molar-refractivity contribution in [2.24, 2.45) is 17.1 Å². The summed E-state index contributed by atoms with van der Waals surface area (Å²) in [7, 11) is 0. The van der Waals surface area contributed by atoms with Gasteiger partial charge in [0, 0.05) is 13.1 Å². The first-order chi connectivity index (χ1) is 7.32. The summed E-state index contributed by atoms with van der Waals surface area (Å²) in [5.41, 5.74) is 6.20. The number of piperidine rings is 1. The lowest BCUT2D eigenvalue weighted by molar-refractivity contribution is -0.136. The second-order valence-electron chi connectivity index (χ2n) is 6.26. The van der Waals surface area contributed by atoms with E-state index in [0.717, 1.165) is 25.9 Å². The highest BCUT2D eigenvalue weighted by Gasteiger charge is 2.31. The van der Waals surface area contributed by atoms with Crippen molar-refractivity contribution in [3.05, 3.63) is 0 Å². The second kappa shape index (κ2) is 5.17. The smallest absolute Gasteiger partial charge is 0.239 e. The molecule has 0 aromatic carbocycles. The lowest BCUT2D eigenvalue weighted by atomic mass is 9.84. The van der Waals surface area contributed by atoms with Crippen LogP contribution in [0.3, 0.4) is 0 Å². The predicted octanol–water partition coefficient (Wildman–Crippen LogP) is 2.01. The summed E-state index contributed by atoms with van der Waals surface area (Å²) < 4.78 is 0. The monoisotopic (exact) mass is 226 g/mol.